The molecule has 0 aromatic rings. The van der Waals surface area contributed by atoms with Gasteiger partial charge in [-0.05, 0) is 49.9 Å². The lowest BCUT2D eigenvalue weighted by atomic mass is 9.93. The lowest BCUT2D eigenvalue weighted by Crippen LogP contribution is -2.56. The molecule has 0 aromatic heterocycles. The number of hydrogen-bond acceptors (Lipinski definition) is 3. The molecule has 6 heteroatoms. The average Bonchev–Trinajstić information content (AvgIpc) is 3.33. The Morgan fingerprint density at radius 2 is 1.70 bits per heavy atom. The van der Waals surface area contributed by atoms with Crippen LogP contribution in [0.1, 0.15) is 45.4 Å². The maximum atomic E-state index is 11.5. The normalized spacial score (nSPS) is 33.0. The second-order valence-electron chi connectivity index (χ2n) is 9.14. The fourth-order valence-electron chi connectivity index (χ4n) is 5.94. The standard InChI is InChI=1S/C21H37N5O/c1-16(27)24-7-5-17(6-8-24)15-23-21(22-2)26-11-9-25(10-12-26)20-14-18-3-4-19(20)13-18/h17-20H,3-15H2,1-2H3,(H,22,23). The summed E-state index contributed by atoms with van der Waals surface area (Å²) >= 11 is 0. The molecular weight excluding hydrogens is 338 g/mol. The second-order valence-corrected chi connectivity index (χ2v) is 9.14. The first-order chi connectivity index (χ1) is 13.1. The lowest BCUT2D eigenvalue weighted by Gasteiger charge is -2.42. The van der Waals surface area contributed by atoms with Crippen molar-refractivity contribution in [3.8, 4) is 0 Å². The lowest BCUT2D eigenvalue weighted by molar-refractivity contribution is -0.130. The third-order valence-electron chi connectivity index (χ3n) is 7.60. The maximum absolute atomic E-state index is 11.5. The first kappa shape index (κ1) is 19.0. The van der Waals surface area contributed by atoms with Crippen LogP contribution >= 0.6 is 0 Å². The quantitative estimate of drug-likeness (QED) is 0.602. The van der Waals surface area contributed by atoms with Crippen LogP contribution in [0.15, 0.2) is 4.99 Å². The van der Waals surface area contributed by atoms with Gasteiger partial charge in [0, 0.05) is 65.8 Å². The number of piperazine rings is 1. The molecule has 3 unspecified atom stereocenters. The van der Waals surface area contributed by atoms with Crippen LogP contribution in [-0.2, 0) is 4.79 Å². The van der Waals surface area contributed by atoms with E-state index < -0.39 is 0 Å². The van der Waals surface area contributed by atoms with Gasteiger partial charge in [0.1, 0.15) is 0 Å². The van der Waals surface area contributed by atoms with Crippen molar-refractivity contribution in [2.75, 3.05) is 52.9 Å². The van der Waals surface area contributed by atoms with E-state index in [9.17, 15) is 4.79 Å². The highest BCUT2D eigenvalue weighted by atomic mass is 16.2. The number of carbonyl (C=O) groups is 1. The Hall–Kier alpha value is -1.30. The highest BCUT2D eigenvalue weighted by Crippen LogP contribution is 2.46. The number of fused-ring (bicyclic) bond motifs is 2. The van der Waals surface area contributed by atoms with Crippen molar-refractivity contribution in [1.82, 2.24) is 20.0 Å². The molecule has 4 aliphatic rings. The molecule has 2 aliphatic heterocycles. The number of nitrogens with zero attached hydrogens (tertiary/aromatic N) is 4. The third-order valence-corrected chi connectivity index (χ3v) is 7.60. The molecule has 0 radical (unpaired) electrons. The van der Waals surface area contributed by atoms with Gasteiger partial charge in [-0.1, -0.05) is 6.42 Å². The highest BCUT2D eigenvalue weighted by molar-refractivity contribution is 5.80. The van der Waals surface area contributed by atoms with Crippen LogP contribution < -0.4 is 5.32 Å². The number of guanidine groups is 1. The summed E-state index contributed by atoms with van der Waals surface area (Å²) in [6, 6.07) is 0.868. The number of amides is 1. The zero-order valence-corrected chi connectivity index (χ0v) is 17.2. The predicted octanol–water partition coefficient (Wildman–Crippen LogP) is 1.63. The van der Waals surface area contributed by atoms with Gasteiger partial charge in [0.25, 0.3) is 0 Å². The van der Waals surface area contributed by atoms with E-state index in [1.807, 2.05) is 11.9 Å². The van der Waals surface area contributed by atoms with Gasteiger partial charge >= 0.3 is 0 Å². The summed E-state index contributed by atoms with van der Waals surface area (Å²) in [7, 11) is 1.91. The van der Waals surface area contributed by atoms with E-state index in [2.05, 4.69) is 20.1 Å². The molecule has 4 rings (SSSR count). The minimum atomic E-state index is 0.213. The molecule has 2 heterocycles. The smallest absolute Gasteiger partial charge is 0.219 e. The van der Waals surface area contributed by atoms with Crippen molar-refractivity contribution < 1.29 is 4.79 Å². The van der Waals surface area contributed by atoms with Crippen LogP contribution in [0.25, 0.3) is 0 Å². The van der Waals surface area contributed by atoms with Crippen molar-refractivity contribution in [2.24, 2.45) is 22.7 Å². The second kappa shape index (κ2) is 8.38. The number of piperidine rings is 1. The van der Waals surface area contributed by atoms with Crippen molar-refractivity contribution >= 4 is 11.9 Å². The summed E-state index contributed by atoms with van der Waals surface area (Å²) in [6.07, 6.45) is 8.11. The van der Waals surface area contributed by atoms with E-state index >= 15 is 0 Å². The molecule has 6 nitrogen and oxygen atoms in total. The van der Waals surface area contributed by atoms with Crippen LogP contribution in [0.2, 0.25) is 0 Å². The van der Waals surface area contributed by atoms with Crippen LogP contribution in [0.5, 0.6) is 0 Å². The van der Waals surface area contributed by atoms with Gasteiger partial charge in [0.2, 0.25) is 5.91 Å². The molecular formula is C21H37N5O. The number of aliphatic imine (C=N–C) groups is 1. The Morgan fingerprint density at radius 3 is 2.26 bits per heavy atom. The zero-order chi connectivity index (χ0) is 18.8. The van der Waals surface area contributed by atoms with Crippen molar-refractivity contribution in [2.45, 2.75) is 51.5 Å². The fourth-order valence-corrected chi connectivity index (χ4v) is 5.94. The SMILES string of the molecule is CN=C(NCC1CCN(C(C)=O)CC1)N1CCN(C2CC3CCC2C3)CC1. The molecule has 4 fully saturated rings. The molecule has 1 N–H and O–H groups in total. The Kier molecular flexibility index (Phi) is 5.90. The minimum absolute atomic E-state index is 0.213. The highest BCUT2D eigenvalue weighted by Gasteiger charge is 2.42. The number of likely N-dealkylation sites (tertiary alicyclic amines) is 1. The molecule has 2 aliphatic carbocycles. The summed E-state index contributed by atoms with van der Waals surface area (Å²) in [5.41, 5.74) is 0. The minimum Gasteiger partial charge on any atom is -0.356 e. The summed E-state index contributed by atoms with van der Waals surface area (Å²) in [6.45, 7) is 9.02. The van der Waals surface area contributed by atoms with Crippen LogP contribution in [0.3, 0.4) is 0 Å². The largest absolute Gasteiger partial charge is 0.356 e. The summed E-state index contributed by atoms with van der Waals surface area (Å²) in [5.74, 6) is 3.94. The van der Waals surface area contributed by atoms with Gasteiger partial charge in [-0.2, -0.15) is 0 Å². The van der Waals surface area contributed by atoms with E-state index in [1.165, 1.54) is 38.8 Å². The van der Waals surface area contributed by atoms with Crippen LogP contribution in [0.4, 0.5) is 0 Å². The number of nitrogens with one attached hydrogen (secondary N) is 1. The van der Waals surface area contributed by atoms with Crippen LogP contribution in [0, 0.1) is 17.8 Å². The summed E-state index contributed by atoms with van der Waals surface area (Å²) in [5, 5.41) is 3.62. The summed E-state index contributed by atoms with van der Waals surface area (Å²) < 4.78 is 0. The molecule has 2 saturated carbocycles. The first-order valence-corrected chi connectivity index (χ1v) is 11.1. The van der Waals surface area contributed by atoms with Crippen molar-refractivity contribution in [1.29, 1.82) is 0 Å². The Morgan fingerprint density at radius 1 is 0.963 bits per heavy atom. The monoisotopic (exact) mass is 375 g/mol. The van der Waals surface area contributed by atoms with Crippen molar-refractivity contribution in [3.63, 3.8) is 0 Å². The molecule has 2 saturated heterocycles. The topological polar surface area (TPSA) is 51.2 Å². The van der Waals surface area contributed by atoms with Gasteiger partial charge in [-0.25, -0.2) is 0 Å². The van der Waals surface area contributed by atoms with E-state index in [4.69, 9.17) is 0 Å². The van der Waals surface area contributed by atoms with Crippen molar-refractivity contribution in [3.05, 3.63) is 0 Å². The maximum Gasteiger partial charge on any atom is 0.219 e. The van der Waals surface area contributed by atoms with Gasteiger partial charge in [-0.15, -0.1) is 0 Å². The molecule has 1 amide bonds. The molecule has 2 bridgehead atoms. The molecule has 0 aromatic carbocycles. The zero-order valence-electron chi connectivity index (χ0n) is 17.2. The van der Waals surface area contributed by atoms with E-state index in [0.717, 1.165) is 69.4 Å². The Balaban J connectivity index is 1.20. The third kappa shape index (κ3) is 4.25. The van der Waals surface area contributed by atoms with Gasteiger partial charge in [0.05, 0.1) is 0 Å². The Labute approximate surface area is 164 Å². The van der Waals surface area contributed by atoms with E-state index in [0.29, 0.717) is 5.92 Å². The Bertz CT molecular complexity index is 549. The van der Waals surface area contributed by atoms with Gasteiger partial charge in [-0.3, -0.25) is 14.7 Å². The molecule has 3 atom stereocenters. The number of hydrogen-bond donors (Lipinski definition) is 1. The molecule has 0 spiro atoms. The first-order valence-electron chi connectivity index (χ1n) is 11.1. The molecule has 152 valence electrons. The number of rotatable bonds is 3. The van der Waals surface area contributed by atoms with Gasteiger partial charge < -0.3 is 15.1 Å². The summed E-state index contributed by atoms with van der Waals surface area (Å²) in [4.78, 5) is 23.2. The van der Waals surface area contributed by atoms with E-state index in [1.54, 1.807) is 6.92 Å². The number of carbonyl (C=O) groups excluding carboxylic acids is 1. The van der Waals surface area contributed by atoms with Gasteiger partial charge in [0.15, 0.2) is 5.96 Å². The molecule has 27 heavy (non-hydrogen) atoms. The average molecular weight is 376 g/mol. The fraction of sp³-hybridized carbons (Fsp3) is 0.905. The van der Waals surface area contributed by atoms with E-state index in [-0.39, 0.29) is 5.91 Å². The predicted molar refractivity (Wildman–Crippen MR) is 109 cm³/mol. The van der Waals surface area contributed by atoms with Crippen LogP contribution in [-0.4, -0.2) is 85.5 Å².